The zero-order chi connectivity index (χ0) is 14.8. The molecule has 5 heteroatoms. The maximum Gasteiger partial charge on any atom is 0.379 e. The molecule has 20 heavy (non-hydrogen) atoms. The standard InChI is InChI=1S/C15H24N2O3/c1-5-19-14(18)12-16-13(20-17-12)10-6-8-11(9-7-10)15(2,3)4/h10-11H,5-9H2,1-4H3. The second-order valence-electron chi connectivity index (χ2n) is 6.59. The van der Waals surface area contributed by atoms with Crippen molar-refractivity contribution in [1.82, 2.24) is 10.1 Å². The minimum Gasteiger partial charge on any atom is -0.460 e. The molecule has 1 aliphatic rings. The summed E-state index contributed by atoms with van der Waals surface area (Å²) >= 11 is 0. The summed E-state index contributed by atoms with van der Waals surface area (Å²) in [5.74, 6) is 1.14. The van der Waals surface area contributed by atoms with Crippen LogP contribution in [-0.4, -0.2) is 22.7 Å². The first kappa shape index (κ1) is 15.0. The molecule has 0 saturated heterocycles. The number of hydrogen-bond donors (Lipinski definition) is 0. The van der Waals surface area contributed by atoms with Crippen LogP contribution in [0.25, 0.3) is 0 Å². The minimum atomic E-state index is -0.508. The quantitative estimate of drug-likeness (QED) is 0.792. The number of aromatic nitrogens is 2. The number of carbonyl (C=O) groups excluding carboxylic acids is 1. The first-order valence-electron chi connectivity index (χ1n) is 7.42. The molecule has 1 aromatic rings. The van der Waals surface area contributed by atoms with E-state index in [9.17, 15) is 4.79 Å². The third-order valence-corrected chi connectivity index (χ3v) is 4.20. The van der Waals surface area contributed by atoms with Crippen LogP contribution >= 0.6 is 0 Å². The predicted octanol–water partition coefficient (Wildman–Crippen LogP) is 3.57. The van der Waals surface area contributed by atoms with E-state index < -0.39 is 5.97 Å². The van der Waals surface area contributed by atoms with Crippen molar-refractivity contribution in [1.29, 1.82) is 0 Å². The number of carbonyl (C=O) groups is 1. The van der Waals surface area contributed by atoms with Crippen LogP contribution in [0, 0.1) is 11.3 Å². The van der Waals surface area contributed by atoms with Gasteiger partial charge in [-0.05, 0) is 49.1 Å². The van der Waals surface area contributed by atoms with E-state index in [2.05, 4.69) is 30.9 Å². The Kier molecular flexibility index (Phi) is 4.45. The van der Waals surface area contributed by atoms with Crippen LogP contribution in [0.5, 0.6) is 0 Å². The number of ether oxygens (including phenoxy) is 1. The van der Waals surface area contributed by atoms with Gasteiger partial charge in [-0.2, -0.15) is 4.98 Å². The molecule has 1 aliphatic carbocycles. The maximum atomic E-state index is 11.5. The summed E-state index contributed by atoms with van der Waals surface area (Å²) in [5.41, 5.74) is 0.357. The van der Waals surface area contributed by atoms with Gasteiger partial charge in [-0.3, -0.25) is 0 Å². The molecule has 112 valence electrons. The molecule has 0 radical (unpaired) electrons. The van der Waals surface area contributed by atoms with E-state index in [0.29, 0.717) is 17.9 Å². The van der Waals surface area contributed by atoms with E-state index in [0.717, 1.165) is 18.8 Å². The van der Waals surface area contributed by atoms with Crippen molar-refractivity contribution < 1.29 is 14.1 Å². The van der Waals surface area contributed by atoms with Crippen LogP contribution in [-0.2, 0) is 4.74 Å². The van der Waals surface area contributed by atoms with E-state index in [-0.39, 0.29) is 11.7 Å². The van der Waals surface area contributed by atoms with Crippen LogP contribution in [0.2, 0.25) is 0 Å². The maximum absolute atomic E-state index is 11.5. The lowest BCUT2D eigenvalue weighted by Gasteiger charge is -2.35. The van der Waals surface area contributed by atoms with Gasteiger partial charge in [0, 0.05) is 5.92 Å². The van der Waals surface area contributed by atoms with E-state index in [1.54, 1.807) is 6.92 Å². The smallest absolute Gasteiger partial charge is 0.379 e. The summed E-state index contributed by atoms with van der Waals surface area (Å²) in [5, 5.41) is 3.72. The summed E-state index contributed by atoms with van der Waals surface area (Å²) in [6.07, 6.45) is 4.44. The second-order valence-corrected chi connectivity index (χ2v) is 6.59. The van der Waals surface area contributed by atoms with Crippen molar-refractivity contribution in [2.75, 3.05) is 6.61 Å². The average molecular weight is 280 g/mol. The Balaban J connectivity index is 1.96. The van der Waals surface area contributed by atoms with Crippen LogP contribution in [0.3, 0.4) is 0 Å². The summed E-state index contributed by atoms with van der Waals surface area (Å²) in [6.45, 7) is 8.96. The van der Waals surface area contributed by atoms with Gasteiger partial charge in [-0.25, -0.2) is 4.79 Å². The number of esters is 1. The Labute approximate surface area is 120 Å². The van der Waals surface area contributed by atoms with Crippen molar-refractivity contribution >= 4 is 5.97 Å². The van der Waals surface area contributed by atoms with Gasteiger partial charge < -0.3 is 9.26 Å². The number of nitrogens with zero attached hydrogens (tertiary/aromatic N) is 2. The third-order valence-electron chi connectivity index (χ3n) is 4.20. The van der Waals surface area contributed by atoms with Crippen molar-refractivity contribution in [2.45, 2.75) is 59.3 Å². The SMILES string of the molecule is CCOC(=O)c1noc(C2CCC(C(C)(C)C)CC2)n1. The Morgan fingerprint density at radius 3 is 2.50 bits per heavy atom. The van der Waals surface area contributed by atoms with E-state index in [1.807, 2.05) is 0 Å². The minimum absolute atomic E-state index is 0.0415. The predicted molar refractivity (Wildman–Crippen MR) is 74.4 cm³/mol. The van der Waals surface area contributed by atoms with Gasteiger partial charge in [-0.15, -0.1) is 0 Å². The van der Waals surface area contributed by atoms with Gasteiger partial charge in [0.1, 0.15) is 0 Å². The van der Waals surface area contributed by atoms with Crippen molar-refractivity contribution in [3.05, 3.63) is 11.7 Å². The molecule has 5 nitrogen and oxygen atoms in total. The first-order valence-corrected chi connectivity index (χ1v) is 7.42. The van der Waals surface area contributed by atoms with Gasteiger partial charge >= 0.3 is 5.97 Å². The zero-order valence-electron chi connectivity index (χ0n) is 12.8. The van der Waals surface area contributed by atoms with Gasteiger partial charge in [0.05, 0.1) is 6.61 Å². The Morgan fingerprint density at radius 1 is 1.30 bits per heavy atom. The molecular formula is C15H24N2O3. The van der Waals surface area contributed by atoms with Gasteiger partial charge in [0.25, 0.3) is 5.82 Å². The molecule has 1 heterocycles. The monoisotopic (exact) mass is 280 g/mol. The van der Waals surface area contributed by atoms with Gasteiger partial charge in [0.15, 0.2) is 0 Å². The summed E-state index contributed by atoms with van der Waals surface area (Å²) in [4.78, 5) is 15.7. The molecular weight excluding hydrogens is 256 g/mol. The molecule has 2 rings (SSSR count). The molecule has 1 fully saturated rings. The third kappa shape index (κ3) is 3.38. The van der Waals surface area contributed by atoms with E-state index >= 15 is 0 Å². The van der Waals surface area contributed by atoms with Crippen molar-refractivity contribution in [3.63, 3.8) is 0 Å². The molecule has 0 N–H and O–H groups in total. The Bertz CT molecular complexity index is 454. The highest BCUT2D eigenvalue weighted by molar-refractivity contribution is 5.84. The topological polar surface area (TPSA) is 65.2 Å². The highest BCUT2D eigenvalue weighted by Crippen LogP contribution is 2.42. The molecule has 0 atom stereocenters. The molecule has 1 aromatic heterocycles. The van der Waals surface area contributed by atoms with Gasteiger partial charge in [-0.1, -0.05) is 20.8 Å². The second kappa shape index (κ2) is 5.94. The molecule has 0 aliphatic heterocycles. The fourth-order valence-electron chi connectivity index (χ4n) is 2.89. The molecule has 1 saturated carbocycles. The number of rotatable bonds is 3. The van der Waals surface area contributed by atoms with E-state index in [4.69, 9.17) is 9.26 Å². The van der Waals surface area contributed by atoms with Crippen molar-refractivity contribution in [2.24, 2.45) is 11.3 Å². The summed E-state index contributed by atoms with van der Waals surface area (Å²) < 4.78 is 10.1. The fourth-order valence-corrected chi connectivity index (χ4v) is 2.89. The van der Waals surface area contributed by atoms with Crippen molar-refractivity contribution in [3.8, 4) is 0 Å². The highest BCUT2D eigenvalue weighted by Gasteiger charge is 2.32. The fraction of sp³-hybridized carbons (Fsp3) is 0.800. The molecule has 0 amide bonds. The van der Waals surface area contributed by atoms with Crippen LogP contribution < -0.4 is 0 Å². The normalized spacial score (nSPS) is 23.6. The lowest BCUT2D eigenvalue weighted by Crippen LogP contribution is -2.25. The highest BCUT2D eigenvalue weighted by atomic mass is 16.5. The summed E-state index contributed by atoms with van der Waals surface area (Å²) in [7, 11) is 0. The molecule has 0 bridgehead atoms. The molecule has 0 aromatic carbocycles. The Hall–Kier alpha value is -1.39. The van der Waals surface area contributed by atoms with Crippen LogP contribution in [0.4, 0.5) is 0 Å². The molecule has 0 unspecified atom stereocenters. The van der Waals surface area contributed by atoms with Gasteiger partial charge in [0.2, 0.25) is 5.89 Å². The van der Waals surface area contributed by atoms with Crippen LogP contribution in [0.15, 0.2) is 4.52 Å². The lowest BCUT2D eigenvalue weighted by atomic mass is 9.70. The zero-order valence-corrected chi connectivity index (χ0v) is 12.8. The van der Waals surface area contributed by atoms with Crippen LogP contribution in [0.1, 0.15) is 75.8 Å². The average Bonchev–Trinajstić information content (AvgIpc) is 2.88. The number of hydrogen-bond acceptors (Lipinski definition) is 5. The largest absolute Gasteiger partial charge is 0.460 e. The Morgan fingerprint density at radius 2 is 1.95 bits per heavy atom. The summed E-state index contributed by atoms with van der Waals surface area (Å²) in [6, 6.07) is 0. The first-order chi connectivity index (χ1) is 9.41. The lowest BCUT2D eigenvalue weighted by molar-refractivity contribution is 0.0508. The molecule has 0 spiro atoms. The van der Waals surface area contributed by atoms with E-state index in [1.165, 1.54) is 12.8 Å².